The third-order valence-electron chi connectivity index (χ3n) is 4.16. The van der Waals surface area contributed by atoms with E-state index >= 15 is 0 Å². The maximum Gasteiger partial charge on any atom is 0.119 e. The summed E-state index contributed by atoms with van der Waals surface area (Å²) >= 11 is 0. The topological polar surface area (TPSA) is 47.3 Å². The van der Waals surface area contributed by atoms with Crippen molar-refractivity contribution in [3.8, 4) is 5.75 Å². The highest BCUT2D eigenvalue weighted by Crippen LogP contribution is 2.18. The Labute approximate surface area is 136 Å². The van der Waals surface area contributed by atoms with Gasteiger partial charge in [0.15, 0.2) is 0 Å². The van der Waals surface area contributed by atoms with Crippen molar-refractivity contribution in [1.29, 1.82) is 0 Å². The van der Waals surface area contributed by atoms with Gasteiger partial charge in [-0.1, -0.05) is 18.2 Å². The van der Waals surface area contributed by atoms with Crippen LogP contribution in [0.1, 0.15) is 17.0 Å². The molecule has 0 saturated heterocycles. The zero-order chi connectivity index (χ0) is 16.4. The van der Waals surface area contributed by atoms with E-state index in [9.17, 15) is 5.11 Å². The summed E-state index contributed by atoms with van der Waals surface area (Å²) < 4.78 is 7.75. The number of aliphatic hydroxyl groups is 1. The number of aliphatic hydroxyl groups excluding tert-OH is 1. The van der Waals surface area contributed by atoms with Crippen LogP contribution in [0.2, 0.25) is 0 Å². The van der Waals surface area contributed by atoms with Crippen molar-refractivity contribution in [2.24, 2.45) is 0 Å². The molecule has 4 nitrogen and oxygen atoms in total. The van der Waals surface area contributed by atoms with Gasteiger partial charge in [0.05, 0.1) is 17.6 Å². The Balaban J connectivity index is 1.67. The molecule has 2 aromatic carbocycles. The van der Waals surface area contributed by atoms with Crippen LogP contribution in [-0.2, 0) is 6.54 Å². The third kappa shape index (κ3) is 3.37. The first-order valence-corrected chi connectivity index (χ1v) is 7.84. The SMILES string of the molecule is Cc1ccc(OC[C@@H](O)Cn2c(C)nc3ccccc32)cc1C. The summed E-state index contributed by atoms with van der Waals surface area (Å²) in [6.45, 7) is 6.81. The molecule has 1 atom stereocenters. The molecule has 0 spiro atoms. The van der Waals surface area contributed by atoms with Crippen molar-refractivity contribution in [3.63, 3.8) is 0 Å². The molecule has 3 rings (SSSR count). The predicted molar refractivity (Wildman–Crippen MR) is 91.9 cm³/mol. The highest BCUT2D eigenvalue weighted by Gasteiger charge is 2.12. The van der Waals surface area contributed by atoms with Gasteiger partial charge in [0.25, 0.3) is 0 Å². The Morgan fingerprint density at radius 3 is 2.65 bits per heavy atom. The molecule has 4 heteroatoms. The molecule has 0 aliphatic rings. The van der Waals surface area contributed by atoms with Crippen molar-refractivity contribution in [2.75, 3.05) is 6.61 Å². The van der Waals surface area contributed by atoms with Crippen LogP contribution in [0.25, 0.3) is 11.0 Å². The van der Waals surface area contributed by atoms with Gasteiger partial charge in [-0.3, -0.25) is 0 Å². The number of hydrogen-bond donors (Lipinski definition) is 1. The van der Waals surface area contributed by atoms with Gasteiger partial charge in [0.2, 0.25) is 0 Å². The summed E-state index contributed by atoms with van der Waals surface area (Å²) in [5.41, 5.74) is 4.41. The number of para-hydroxylation sites is 2. The average molecular weight is 310 g/mol. The number of hydrogen-bond acceptors (Lipinski definition) is 3. The lowest BCUT2D eigenvalue weighted by Gasteiger charge is -2.15. The molecular weight excluding hydrogens is 288 g/mol. The van der Waals surface area contributed by atoms with Crippen molar-refractivity contribution in [2.45, 2.75) is 33.4 Å². The summed E-state index contributed by atoms with van der Waals surface area (Å²) in [6, 6.07) is 13.9. The molecule has 0 radical (unpaired) electrons. The minimum atomic E-state index is -0.590. The van der Waals surface area contributed by atoms with E-state index in [0.717, 1.165) is 22.6 Å². The highest BCUT2D eigenvalue weighted by atomic mass is 16.5. The van der Waals surface area contributed by atoms with Crippen LogP contribution in [0.3, 0.4) is 0 Å². The lowest BCUT2D eigenvalue weighted by atomic mass is 10.1. The standard InChI is InChI=1S/C19H22N2O2/c1-13-8-9-17(10-14(13)2)23-12-16(22)11-21-15(3)20-18-6-4-5-7-19(18)21/h4-10,16,22H,11-12H2,1-3H3/t16-/m0/s1. The van der Waals surface area contributed by atoms with Gasteiger partial charge < -0.3 is 14.4 Å². The molecule has 0 saturated carbocycles. The molecule has 1 N–H and O–H groups in total. The fraction of sp³-hybridized carbons (Fsp3) is 0.316. The first kappa shape index (κ1) is 15.6. The summed E-state index contributed by atoms with van der Waals surface area (Å²) in [5, 5.41) is 10.3. The van der Waals surface area contributed by atoms with Crippen molar-refractivity contribution < 1.29 is 9.84 Å². The number of aromatic nitrogens is 2. The fourth-order valence-electron chi connectivity index (χ4n) is 2.69. The molecular formula is C19H22N2O2. The highest BCUT2D eigenvalue weighted by molar-refractivity contribution is 5.75. The quantitative estimate of drug-likeness (QED) is 0.785. The Hall–Kier alpha value is -2.33. The van der Waals surface area contributed by atoms with Gasteiger partial charge in [-0.25, -0.2) is 4.98 Å². The van der Waals surface area contributed by atoms with Crippen LogP contribution in [-0.4, -0.2) is 27.4 Å². The fourth-order valence-corrected chi connectivity index (χ4v) is 2.69. The van der Waals surface area contributed by atoms with Gasteiger partial charge in [0.1, 0.15) is 24.3 Å². The summed E-state index contributed by atoms with van der Waals surface area (Å²) in [6.07, 6.45) is -0.590. The largest absolute Gasteiger partial charge is 0.491 e. The van der Waals surface area contributed by atoms with Gasteiger partial charge >= 0.3 is 0 Å². The number of fused-ring (bicyclic) bond motifs is 1. The second-order valence-corrected chi connectivity index (χ2v) is 5.97. The number of aryl methyl sites for hydroxylation is 3. The van der Waals surface area contributed by atoms with Gasteiger partial charge in [0, 0.05) is 0 Å². The number of benzene rings is 2. The number of nitrogens with zero attached hydrogens (tertiary/aromatic N) is 2. The normalized spacial score (nSPS) is 12.5. The molecule has 0 amide bonds. The van der Waals surface area contributed by atoms with Crippen molar-refractivity contribution in [1.82, 2.24) is 9.55 Å². The van der Waals surface area contributed by atoms with E-state index < -0.39 is 6.10 Å². The van der Waals surface area contributed by atoms with Crippen LogP contribution in [0.15, 0.2) is 42.5 Å². The van der Waals surface area contributed by atoms with Crippen LogP contribution >= 0.6 is 0 Å². The summed E-state index contributed by atoms with van der Waals surface area (Å²) in [7, 11) is 0. The smallest absolute Gasteiger partial charge is 0.119 e. The minimum absolute atomic E-state index is 0.258. The Morgan fingerprint density at radius 2 is 1.87 bits per heavy atom. The number of ether oxygens (including phenoxy) is 1. The minimum Gasteiger partial charge on any atom is -0.491 e. The van der Waals surface area contributed by atoms with Crippen molar-refractivity contribution >= 4 is 11.0 Å². The summed E-state index contributed by atoms with van der Waals surface area (Å²) in [4.78, 5) is 4.52. The van der Waals surface area contributed by atoms with E-state index in [1.54, 1.807) is 0 Å². The molecule has 0 unspecified atom stereocenters. The van der Waals surface area contributed by atoms with E-state index in [-0.39, 0.29) is 6.61 Å². The predicted octanol–water partition coefficient (Wildman–Crippen LogP) is 3.40. The maximum absolute atomic E-state index is 10.3. The van der Waals surface area contributed by atoms with E-state index in [4.69, 9.17) is 4.74 Å². The Kier molecular flexibility index (Phi) is 4.35. The van der Waals surface area contributed by atoms with E-state index in [2.05, 4.69) is 18.8 Å². The zero-order valence-corrected chi connectivity index (χ0v) is 13.8. The van der Waals surface area contributed by atoms with Crippen LogP contribution < -0.4 is 4.74 Å². The van der Waals surface area contributed by atoms with Crippen LogP contribution in [0.5, 0.6) is 5.75 Å². The average Bonchev–Trinajstić information content (AvgIpc) is 2.84. The first-order valence-electron chi connectivity index (χ1n) is 7.84. The van der Waals surface area contributed by atoms with Crippen molar-refractivity contribution in [3.05, 3.63) is 59.4 Å². The summed E-state index contributed by atoms with van der Waals surface area (Å²) in [5.74, 6) is 1.69. The zero-order valence-electron chi connectivity index (χ0n) is 13.8. The molecule has 0 fully saturated rings. The van der Waals surface area contributed by atoms with E-state index in [0.29, 0.717) is 6.54 Å². The molecule has 3 aromatic rings. The number of imidazole rings is 1. The molecule has 1 aromatic heterocycles. The lowest BCUT2D eigenvalue weighted by Crippen LogP contribution is -2.24. The Morgan fingerprint density at radius 1 is 1.09 bits per heavy atom. The molecule has 23 heavy (non-hydrogen) atoms. The van der Waals surface area contributed by atoms with Crippen LogP contribution in [0.4, 0.5) is 0 Å². The van der Waals surface area contributed by atoms with Gasteiger partial charge in [-0.15, -0.1) is 0 Å². The molecule has 120 valence electrons. The molecule has 0 aliphatic carbocycles. The number of rotatable bonds is 5. The Bertz CT molecular complexity index is 823. The second kappa shape index (κ2) is 6.42. The molecule has 1 heterocycles. The third-order valence-corrected chi connectivity index (χ3v) is 4.16. The maximum atomic E-state index is 10.3. The molecule has 0 aliphatic heterocycles. The van der Waals surface area contributed by atoms with Gasteiger partial charge in [-0.05, 0) is 56.2 Å². The monoisotopic (exact) mass is 310 g/mol. The molecule has 0 bridgehead atoms. The van der Waals surface area contributed by atoms with E-state index in [1.165, 1.54) is 11.1 Å². The van der Waals surface area contributed by atoms with E-state index in [1.807, 2.05) is 54.0 Å². The second-order valence-electron chi connectivity index (χ2n) is 5.97. The lowest BCUT2D eigenvalue weighted by molar-refractivity contribution is 0.0929. The van der Waals surface area contributed by atoms with Crippen LogP contribution in [0, 0.1) is 20.8 Å². The first-order chi connectivity index (χ1) is 11.0. The van der Waals surface area contributed by atoms with Gasteiger partial charge in [-0.2, -0.15) is 0 Å².